The van der Waals surface area contributed by atoms with Crippen LogP contribution in [0.1, 0.15) is 29.3 Å². The van der Waals surface area contributed by atoms with E-state index in [1.54, 1.807) is 0 Å². The minimum absolute atomic E-state index is 0.242. The lowest BCUT2D eigenvalue weighted by molar-refractivity contribution is 0.0525. The molecule has 0 unspecified atom stereocenters. The number of ether oxygens (including phenoxy) is 1. The molecule has 0 amide bonds. The molecule has 16 heavy (non-hydrogen) atoms. The number of esters is 1. The van der Waals surface area contributed by atoms with Gasteiger partial charge in [0.25, 0.3) is 0 Å². The standard InChI is InChI=1S/C12H14Br2O2/c1-2-16-12(15)10-5-3-7-11(14)9(10)6-4-8-13/h3,5,7H,2,4,6,8H2,1H3. The minimum atomic E-state index is -0.242. The van der Waals surface area contributed by atoms with Crippen molar-refractivity contribution in [1.82, 2.24) is 0 Å². The Morgan fingerprint density at radius 2 is 2.19 bits per heavy atom. The second kappa shape index (κ2) is 7.07. The molecule has 1 rings (SSSR count). The topological polar surface area (TPSA) is 26.3 Å². The van der Waals surface area contributed by atoms with E-state index in [0.29, 0.717) is 12.2 Å². The van der Waals surface area contributed by atoms with Crippen LogP contribution in [0.3, 0.4) is 0 Å². The van der Waals surface area contributed by atoms with Crippen molar-refractivity contribution >= 4 is 37.8 Å². The van der Waals surface area contributed by atoms with Crippen LogP contribution in [0.4, 0.5) is 0 Å². The highest BCUT2D eigenvalue weighted by Gasteiger charge is 2.14. The van der Waals surface area contributed by atoms with Crippen molar-refractivity contribution in [2.24, 2.45) is 0 Å². The zero-order valence-corrected chi connectivity index (χ0v) is 12.3. The van der Waals surface area contributed by atoms with E-state index in [2.05, 4.69) is 31.9 Å². The maximum absolute atomic E-state index is 11.7. The van der Waals surface area contributed by atoms with Crippen molar-refractivity contribution in [3.63, 3.8) is 0 Å². The summed E-state index contributed by atoms with van der Waals surface area (Å²) in [5.74, 6) is -0.242. The van der Waals surface area contributed by atoms with Gasteiger partial charge in [0.05, 0.1) is 12.2 Å². The number of alkyl halides is 1. The highest BCUT2D eigenvalue weighted by molar-refractivity contribution is 9.10. The summed E-state index contributed by atoms with van der Waals surface area (Å²) in [5, 5.41) is 0.927. The van der Waals surface area contributed by atoms with E-state index < -0.39 is 0 Å². The normalized spacial score (nSPS) is 10.2. The predicted molar refractivity (Wildman–Crippen MR) is 72.2 cm³/mol. The lowest BCUT2D eigenvalue weighted by Crippen LogP contribution is -2.08. The largest absolute Gasteiger partial charge is 0.462 e. The zero-order valence-electron chi connectivity index (χ0n) is 9.13. The number of benzene rings is 1. The molecule has 0 saturated heterocycles. The maximum Gasteiger partial charge on any atom is 0.338 e. The maximum atomic E-state index is 11.7. The fraction of sp³-hybridized carbons (Fsp3) is 0.417. The van der Waals surface area contributed by atoms with Crippen molar-refractivity contribution in [2.45, 2.75) is 19.8 Å². The molecule has 1 aromatic carbocycles. The smallest absolute Gasteiger partial charge is 0.338 e. The third-order valence-corrected chi connectivity index (χ3v) is 3.48. The lowest BCUT2D eigenvalue weighted by atomic mass is 10.0. The van der Waals surface area contributed by atoms with Gasteiger partial charge in [0.15, 0.2) is 0 Å². The molecular weight excluding hydrogens is 336 g/mol. The molecule has 2 nitrogen and oxygen atoms in total. The molecule has 0 fully saturated rings. The minimum Gasteiger partial charge on any atom is -0.462 e. The fourth-order valence-electron chi connectivity index (χ4n) is 1.46. The first-order valence-corrected chi connectivity index (χ1v) is 7.12. The van der Waals surface area contributed by atoms with Gasteiger partial charge in [0, 0.05) is 9.80 Å². The van der Waals surface area contributed by atoms with Crippen LogP contribution in [0.15, 0.2) is 22.7 Å². The van der Waals surface area contributed by atoms with Crippen LogP contribution < -0.4 is 0 Å². The number of hydrogen-bond acceptors (Lipinski definition) is 2. The van der Waals surface area contributed by atoms with Crippen molar-refractivity contribution in [3.8, 4) is 0 Å². The van der Waals surface area contributed by atoms with Gasteiger partial charge in [0.1, 0.15) is 0 Å². The quantitative estimate of drug-likeness (QED) is 0.594. The second-order valence-electron chi connectivity index (χ2n) is 3.28. The van der Waals surface area contributed by atoms with Gasteiger partial charge in [-0.3, -0.25) is 0 Å². The molecule has 0 atom stereocenters. The predicted octanol–water partition coefficient (Wildman–Crippen LogP) is 3.95. The number of carbonyl (C=O) groups is 1. The Labute approximate surface area is 113 Å². The van der Waals surface area contributed by atoms with Crippen LogP contribution in [0.2, 0.25) is 0 Å². The van der Waals surface area contributed by atoms with Crippen molar-refractivity contribution in [2.75, 3.05) is 11.9 Å². The summed E-state index contributed by atoms with van der Waals surface area (Å²) in [5.41, 5.74) is 1.69. The number of halogens is 2. The average Bonchev–Trinajstić information content (AvgIpc) is 2.27. The van der Waals surface area contributed by atoms with Crippen LogP contribution in [0.5, 0.6) is 0 Å². The molecule has 0 saturated carbocycles. The molecule has 0 heterocycles. The third kappa shape index (κ3) is 3.59. The fourth-order valence-corrected chi connectivity index (χ4v) is 2.30. The highest BCUT2D eigenvalue weighted by Crippen LogP contribution is 2.23. The first kappa shape index (κ1) is 13.7. The molecule has 4 heteroatoms. The molecule has 0 aliphatic carbocycles. The Balaban J connectivity index is 2.97. The Morgan fingerprint density at radius 1 is 1.44 bits per heavy atom. The van der Waals surface area contributed by atoms with E-state index in [0.717, 1.165) is 28.2 Å². The van der Waals surface area contributed by atoms with Gasteiger partial charge in [0.2, 0.25) is 0 Å². The van der Waals surface area contributed by atoms with E-state index in [9.17, 15) is 4.79 Å². The molecule has 1 aromatic rings. The Morgan fingerprint density at radius 3 is 2.81 bits per heavy atom. The van der Waals surface area contributed by atoms with Gasteiger partial charge in [-0.15, -0.1) is 0 Å². The van der Waals surface area contributed by atoms with Gasteiger partial charge in [-0.2, -0.15) is 0 Å². The van der Waals surface area contributed by atoms with Crippen LogP contribution in [-0.4, -0.2) is 17.9 Å². The summed E-state index contributed by atoms with van der Waals surface area (Å²) in [4.78, 5) is 11.7. The second-order valence-corrected chi connectivity index (χ2v) is 4.93. The van der Waals surface area contributed by atoms with Gasteiger partial charge in [-0.25, -0.2) is 4.79 Å². The number of rotatable bonds is 5. The van der Waals surface area contributed by atoms with E-state index in [1.807, 2.05) is 25.1 Å². The highest BCUT2D eigenvalue weighted by atomic mass is 79.9. The van der Waals surface area contributed by atoms with E-state index >= 15 is 0 Å². The Hall–Kier alpha value is -0.350. The van der Waals surface area contributed by atoms with Crippen LogP contribution in [-0.2, 0) is 11.2 Å². The molecule has 0 aliphatic heterocycles. The van der Waals surface area contributed by atoms with Crippen LogP contribution in [0.25, 0.3) is 0 Å². The van der Waals surface area contributed by atoms with Gasteiger partial charge >= 0.3 is 5.97 Å². The molecule has 0 spiro atoms. The molecule has 0 radical (unpaired) electrons. The summed E-state index contributed by atoms with van der Waals surface area (Å²) in [6.45, 7) is 2.22. The number of hydrogen-bond donors (Lipinski definition) is 0. The summed E-state index contributed by atoms with van der Waals surface area (Å²) in [6, 6.07) is 5.62. The molecule has 0 aromatic heterocycles. The average molecular weight is 350 g/mol. The Kier molecular flexibility index (Phi) is 6.06. The summed E-state index contributed by atoms with van der Waals surface area (Å²) in [6.07, 6.45) is 1.86. The van der Waals surface area contributed by atoms with Gasteiger partial charge in [-0.05, 0) is 37.5 Å². The van der Waals surface area contributed by atoms with Crippen molar-refractivity contribution < 1.29 is 9.53 Å². The van der Waals surface area contributed by atoms with E-state index in [1.165, 1.54) is 0 Å². The van der Waals surface area contributed by atoms with Gasteiger partial charge in [-0.1, -0.05) is 37.9 Å². The summed E-state index contributed by atoms with van der Waals surface area (Å²) >= 11 is 6.87. The summed E-state index contributed by atoms with van der Waals surface area (Å²) in [7, 11) is 0. The first-order chi connectivity index (χ1) is 7.70. The molecule has 0 N–H and O–H groups in total. The zero-order chi connectivity index (χ0) is 12.0. The van der Waals surface area contributed by atoms with E-state index in [4.69, 9.17) is 4.74 Å². The van der Waals surface area contributed by atoms with Crippen molar-refractivity contribution in [3.05, 3.63) is 33.8 Å². The van der Waals surface area contributed by atoms with Crippen LogP contribution >= 0.6 is 31.9 Å². The molecule has 0 aliphatic rings. The summed E-state index contributed by atoms with van der Waals surface area (Å²) < 4.78 is 6.00. The lowest BCUT2D eigenvalue weighted by Gasteiger charge is -2.10. The monoisotopic (exact) mass is 348 g/mol. The number of carbonyl (C=O) groups excluding carboxylic acids is 1. The van der Waals surface area contributed by atoms with Crippen molar-refractivity contribution in [1.29, 1.82) is 0 Å². The third-order valence-electron chi connectivity index (χ3n) is 2.17. The SMILES string of the molecule is CCOC(=O)c1cccc(Br)c1CCCBr. The van der Waals surface area contributed by atoms with Crippen LogP contribution in [0, 0.1) is 0 Å². The molecule has 0 bridgehead atoms. The van der Waals surface area contributed by atoms with Gasteiger partial charge < -0.3 is 4.74 Å². The molecular formula is C12H14Br2O2. The molecule has 88 valence electrons. The Bertz CT molecular complexity index is 364. The van der Waals surface area contributed by atoms with E-state index in [-0.39, 0.29) is 5.97 Å². The first-order valence-electron chi connectivity index (χ1n) is 5.21.